The summed E-state index contributed by atoms with van der Waals surface area (Å²) in [5, 5.41) is 25.6. The van der Waals surface area contributed by atoms with Crippen molar-refractivity contribution in [2.75, 3.05) is 6.61 Å². The second-order valence-electron chi connectivity index (χ2n) is 3.98. The van der Waals surface area contributed by atoms with Gasteiger partial charge in [-0.15, -0.1) is 5.10 Å². The molecule has 1 N–H and O–H groups in total. The second-order valence-corrected chi connectivity index (χ2v) is 3.98. The Bertz CT molecular complexity index is 596. The van der Waals surface area contributed by atoms with Gasteiger partial charge in [0, 0.05) is 13.2 Å². The molecule has 0 spiro atoms. The monoisotopic (exact) mass is 254 g/mol. The normalized spacial score (nSPS) is 10.7. The van der Waals surface area contributed by atoms with E-state index in [1.807, 2.05) is 48.6 Å². The lowest BCUT2D eigenvalue weighted by Gasteiger charge is -2.01. The standard InChI is InChI=1S/C14H14N4O/c15-11-13-14(18(17-16-13)9-4-10-19)8-7-12-5-2-1-3-6-12/h1-3,5-8,19H,4,9-10H2/b8-7+. The Balaban J connectivity index is 2.25. The van der Waals surface area contributed by atoms with Crippen LogP contribution in [0.3, 0.4) is 0 Å². The van der Waals surface area contributed by atoms with Crippen molar-refractivity contribution in [2.45, 2.75) is 13.0 Å². The summed E-state index contributed by atoms with van der Waals surface area (Å²) in [6.45, 7) is 0.628. The first kappa shape index (κ1) is 13.0. The average molecular weight is 254 g/mol. The number of aryl methyl sites for hydroxylation is 1. The summed E-state index contributed by atoms with van der Waals surface area (Å²) in [5.74, 6) is 0. The molecule has 96 valence electrons. The smallest absolute Gasteiger partial charge is 0.190 e. The van der Waals surface area contributed by atoms with Crippen LogP contribution in [0.25, 0.3) is 12.2 Å². The Morgan fingerprint density at radius 2 is 2.05 bits per heavy atom. The fraction of sp³-hybridized carbons (Fsp3) is 0.214. The Kier molecular flexibility index (Phi) is 4.43. The molecule has 1 heterocycles. The van der Waals surface area contributed by atoms with Crippen LogP contribution in [0.2, 0.25) is 0 Å². The maximum absolute atomic E-state index is 9.01. The molecular weight excluding hydrogens is 240 g/mol. The number of nitrogens with zero attached hydrogens (tertiary/aromatic N) is 4. The zero-order chi connectivity index (χ0) is 13.5. The Labute approximate surface area is 111 Å². The number of rotatable bonds is 5. The lowest BCUT2D eigenvalue weighted by molar-refractivity contribution is 0.276. The molecule has 0 aliphatic rings. The highest BCUT2D eigenvalue weighted by Gasteiger charge is 2.08. The second kappa shape index (κ2) is 6.47. The van der Waals surface area contributed by atoms with Crippen molar-refractivity contribution in [1.82, 2.24) is 15.0 Å². The van der Waals surface area contributed by atoms with Gasteiger partial charge in [0.1, 0.15) is 6.07 Å². The summed E-state index contributed by atoms with van der Waals surface area (Å²) in [6, 6.07) is 11.8. The number of nitriles is 1. The molecule has 1 aromatic carbocycles. The first-order valence-corrected chi connectivity index (χ1v) is 6.02. The highest BCUT2D eigenvalue weighted by molar-refractivity contribution is 5.69. The van der Waals surface area contributed by atoms with Crippen molar-refractivity contribution in [3.05, 3.63) is 47.3 Å². The predicted molar refractivity (Wildman–Crippen MR) is 71.8 cm³/mol. The summed E-state index contributed by atoms with van der Waals surface area (Å²) in [7, 11) is 0. The van der Waals surface area contributed by atoms with Crippen molar-refractivity contribution in [3.63, 3.8) is 0 Å². The first-order chi connectivity index (χ1) is 9.35. The molecule has 0 saturated carbocycles. The molecule has 0 bridgehead atoms. The van der Waals surface area contributed by atoms with Crippen molar-refractivity contribution < 1.29 is 5.11 Å². The molecule has 19 heavy (non-hydrogen) atoms. The van der Waals surface area contributed by atoms with Gasteiger partial charge in [0.15, 0.2) is 5.69 Å². The van der Waals surface area contributed by atoms with Gasteiger partial charge in [-0.3, -0.25) is 0 Å². The summed E-state index contributed by atoms with van der Waals surface area (Å²) >= 11 is 0. The molecule has 0 atom stereocenters. The molecule has 0 aliphatic carbocycles. The van der Waals surface area contributed by atoms with Crippen molar-refractivity contribution in [3.8, 4) is 6.07 Å². The first-order valence-electron chi connectivity index (χ1n) is 6.02. The van der Waals surface area contributed by atoms with Gasteiger partial charge in [0.05, 0.1) is 5.69 Å². The maximum atomic E-state index is 9.01. The molecule has 0 aliphatic heterocycles. The summed E-state index contributed by atoms with van der Waals surface area (Å²) < 4.78 is 1.63. The van der Waals surface area contributed by atoms with E-state index in [4.69, 9.17) is 10.4 Å². The number of benzene rings is 1. The quantitative estimate of drug-likeness (QED) is 0.881. The predicted octanol–water partition coefficient (Wildman–Crippen LogP) is 1.70. The van der Waals surface area contributed by atoms with Gasteiger partial charge in [0.25, 0.3) is 0 Å². The molecule has 0 amide bonds. The Morgan fingerprint density at radius 3 is 2.74 bits per heavy atom. The number of aliphatic hydroxyl groups is 1. The molecule has 0 fully saturated rings. The molecule has 0 unspecified atom stereocenters. The zero-order valence-corrected chi connectivity index (χ0v) is 10.4. The van der Waals surface area contributed by atoms with E-state index in [-0.39, 0.29) is 6.61 Å². The van der Waals surface area contributed by atoms with E-state index < -0.39 is 0 Å². The van der Waals surface area contributed by atoms with E-state index in [2.05, 4.69) is 10.3 Å². The molecular formula is C14H14N4O. The fourth-order valence-electron chi connectivity index (χ4n) is 1.69. The molecule has 0 saturated heterocycles. The summed E-state index contributed by atoms with van der Waals surface area (Å²) in [5.41, 5.74) is 2.01. The number of aliphatic hydroxyl groups excluding tert-OH is 1. The minimum Gasteiger partial charge on any atom is -0.396 e. The van der Waals surface area contributed by atoms with Crippen LogP contribution in [0.4, 0.5) is 0 Å². The fourth-order valence-corrected chi connectivity index (χ4v) is 1.69. The van der Waals surface area contributed by atoms with Gasteiger partial charge in [-0.2, -0.15) is 5.26 Å². The molecule has 1 aromatic heterocycles. The van der Waals surface area contributed by atoms with Crippen LogP contribution < -0.4 is 0 Å². The topological polar surface area (TPSA) is 74.7 Å². The largest absolute Gasteiger partial charge is 0.396 e. The molecule has 2 aromatic rings. The van der Waals surface area contributed by atoms with Crippen molar-refractivity contribution in [1.29, 1.82) is 5.26 Å². The van der Waals surface area contributed by atoms with E-state index in [0.717, 1.165) is 5.56 Å². The van der Waals surface area contributed by atoms with Gasteiger partial charge in [-0.25, -0.2) is 4.68 Å². The van der Waals surface area contributed by atoms with E-state index in [9.17, 15) is 0 Å². The number of aromatic nitrogens is 3. The van der Waals surface area contributed by atoms with Crippen molar-refractivity contribution in [2.24, 2.45) is 0 Å². The van der Waals surface area contributed by atoms with E-state index in [0.29, 0.717) is 24.4 Å². The SMILES string of the molecule is N#Cc1nnn(CCCO)c1/C=C/c1ccccc1. The Hall–Kier alpha value is -2.45. The van der Waals surface area contributed by atoms with Crippen LogP contribution in [-0.4, -0.2) is 26.7 Å². The molecule has 5 heteroatoms. The molecule has 2 rings (SSSR count). The highest BCUT2D eigenvalue weighted by atomic mass is 16.3. The van der Waals surface area contributed by atoms with Crippen LogP contribution in [0.1, 0.15) is 23.4 Å². The third kappa shape index (κ3) is 3.27. The van der Waals surface area contributed by atoms with E-state index >= 15 is 0 Å². The third-order valence-electron chi connectivity index (χ3n) is 2.64. The lowest BCUT2D eigenvalue weighted by Crippen LogP contribution is -2.04. The van der Waals surface area contributed by atoms with Crippen molar-refractivity contribution >= 4 is 12.2 Å². The summed E-state index contributed by atoms with van der Waals surface area (Å²) in [6.07, 6.45) is 4.32. The maximum Gasteiger partial charge on any atom is 0.190 e. The summed E-state index contributed by atoms with van der Waals surface area (Å²) in [4.78, 5) is 0. The van der Waals surface area contributed by atoms with E-state index in [1.54, 1.807) is 4.68 Å². The van der Waals surface area contributed by atoms with Crippen LogP contribution in [0, 0.1) is 11.3 Å². The van der Waals surface area contributed by atoms with Gasteiger partial charge in [-0.05, 0) is 18.1 Å². The molecule has 0 radical (unpaired) electrons. The number of hydrogen-bond acceptors (Lipinski definition) is 4. The van der Waals surface area contributed by atoms with E-state index in [1.165, 1.54) is 0 Å². The van der Waals surface area contributed by atoms with Crippen LogP contribution >= 0.6 is 0 Å². The average Bonchev–Trinajstić information content (AvgIpc) is 2.86. The van der Waals surface area contributed by atoms with Crippen LogP contribution in [0.5, 0.6) is 0 Å². The minimum absolute atomic E-state index is 0.0869. The van der Waals surface area contributed by atoms with Crippen LogP contribution in [0.15, 0.2) is 30.3 Å². The third-order valence-corrected chi connectivity index (χ3v) is 2.64. The zero-order valence-electron chi connectivity index (χ0n) is 10.4. The minimum atomic E-state index is 0.0869. The van der Waals surface area contributed by atoms with Crippen LogP contribution in [-0.2, 0) is 6.54 Å². The van der Waals surface area contributed by atoms with Gasteiger partial charge in [0.2, 0.25) is 0 Å². The lowest BCUT2D eigenvalue weighted by atomic mass is 10.2. The van der Waals surface area contributed by atoms with Gasteiger partial charge < -0.3 is 5.11 Å². The number of hydrogen-bond donors (Lipinski definition) is 1. The van der Waals surface area contributed by atoms with Gasteiger partial charge >= 0.3 is 0 Å². The Morgan fingerprint density at radius 1 is 1.26 bits per heavy atom. The highest BCUT2D eigenvalue weighted by Crippen LogP contribution is 2.11. The molecule has 5 nitrogen and oxygen atoms in total. The van der Waals surface area contributed by atoms with Gasteiger partial charge in [-0.1, -0.05) is 41.6 Å².